The molecule has 0 saturated heterocycles. The summed E-state index contributed by atoms with van der Waals surface area (Å²) >= 11 is 0. The maximum absolute atomic E-state index is 5.91. The van der Waals surface area contributed by atoms with Crippen LogP contribution in [-0.2, 0) is 6.54 Å². The minimum Gasteiger partial charge on any atom is -0.468 e. The highest BCUT2D eigenvalue weighted by Crippen LogP contribution is 2.00. The van der Waals surface area contributed by atoms with E-state index in [-0.39, 0.29) is 6.04 Å². The van der Waals surface area contributed by atoms with Gasteiger partial charge >= 0.3 is 0 Å². The molecular formula is C11H20N2O. The maximum Gasteiger partial charge on any atom is 0.117 e. The lowest BCUT2D eigenvalue weighted by Gasteiger charge is -2.10. The highest BCUT2D eigenvalue weighted by Gasteiger charge is 2.01. The Balaban J connectivity index is 2.03. The normalized spacial score (nSPS) is 13.0. The van der Waals surface area contributed by atoms with Crippen LogP contribution < -0.4 is 11.1 Å². The fourth-order valence-corrected chi connectivity index (χ4v) is 1.36. The lowest BCUT2D eigenvalue weighted by atomic mass is 10.1. The summed E-state index contributed by atoms with van der Waals surface area (Å²) in [4.78, 5) is 0. The predicted octanol–water partition coefficient (Wildman–Crippen LogP) is 1.89. The van der Waals surface area contributed by atoms with Gasteiger partial charge in [0.2, 0.25) is 0 Å². The van der Waals surface area contributed by atoms with Crippen LogP contribution in [0.3, 0.4) is 0 Å². The van der Waals surface area contributed by atoms with E-state index in [2.05, 4.69) is 12.2 Å². The summed E-state index contributed by atoms with van der Waals surface area (Å²) in [5.74, 6) is 0.965. The second kappa shape index (κ2) is 6.62. The highest BCUT2D eigenvalue weighted by molar-refractivity contribution is 4.97. The van der Waals surface area contributed by atoms with Crippen molar-refractivity contribution in [2.24, 2.45) is 5.73 Å². The third-order valence-corrected chi connectivity index (χ3v) is 2.21. The van der Waals surface area contributed by atoms with Crippen molar-refractivity contribution in [3.05, 3.63) is 24.2 Å². The Morgan fingerprint density at radius 2 is 2.43 bits per heavy atom. The van der Waals surface area contributed by atoms with Crippen molar-refractivity contribution in [3.8, 4) is 0 Å². The second-order valence-corrected chi connectivity index (χ2v) is 3.61. The molecule has 1 rings (SSSR count). The summed E-state index contributed by atoms with van der Waals surface area (Å²) in [6.07, 6.45) is 5.21. The molecule has 0 saturated carbocycles. The molecule has 14 heavy (non-hydrogen) atoms. The summed E-state index contributed by atoms with van der Waals surface area (Å²) in [7, 11) is 0. The molecule has 1 atom stereocenters. The van der Waals surface area contributed by atoms with Crippen molar-refractivity contribution in [2.45, 2.75) is 38.8 Å². The molecule has 0 bridgehead atoms. The van der Waals surface area contributed by atoms with Gasteiger partial charge < -0.3 is 15.5 Å². The van der Waals surface area contributed by atoms with E-state index in [1.54, 1.807) is 6.26 Å². The molecule has 1 aromatic rings. The van der Waals surface area contributed by atoms with Crippen molar-refractivity contribution < 1.29 is 4.42 Å². The zero-order valence-corrected chi connectivity index (χ0v) is 8.83. The van der Waals surface area contributed by atoms with Gasteiger partial charge in [-0.15, -0.1) is 0 Å². The summed E-state index contributed by atoms with van der Waals surface area (Å²) in [5, 5.41) is 3.28. The first-order valence-electron chi connectivity index (χ1n) is 5.31. The molecule has 0 spiro atoms. The molecule has 3 N–H and O–H groups in total. The molecule has 1 aromatic heterocycles. The fourth-order valence-electron chi connectivity index (χ4n) is 1.36. The topological polar surface area (TPSA) is 51.2 Å². The van der Waals surface area contributed by atoms with E-state index in [4.69, 9.17) is 10.2 Å². The number of hydrogen-bond donors (Lipinski definition) is 2. The number of unbranched alkanes of at least 4 members (excludes halogenated alkanes) is 1. The number of hydrogen-bond acceptors (Lipinski definition) is 3. The van der Waals surface area contributed by atoms with E-state index < -0.39 is 0 Å². The van der Waals surface area contributed by atoms with E-state index in [1.165, 1.54) is 12.8 Å². The monoisotopic (exact) mass is 196 g/mol. The van der Waals surface area contributed by atoms with Gasteiger partial charge in [-0.05, 0) is 18.6 Å². The Labute approximate surface area is 85.7 Å². The average molecular weight is 196 g/mol. The van der Waals surface area contributed by atoms with Crippen LogP contribution in [0.15, 0.2) is 22.8 Å². The molecule has 0 fully saturated rings. The van der Waals surface area contributed by atoms with Gasteiger partial charge in [0.15, 0.2) is 0 Å². The third-order valence-electron chi connectivity index (χ3n) is 2.21. The molecule has 0 aliphatic heterocycles. The Bertz CT molecular complexity index is 221. The molecule has 0 aromatic carbocycles. The van der Waals surface area contributed by atoms with Crippen LogP contribution >= 0.6 is 0 Å². The average Bonchev–Trinajstić information content (AvgIpc) is 2.67. The van der Waals surface area contributed by atoms with Crippen molar-refractivity contribution in [3.63, 3.8) is 0 Å². The molecule has 80 valence electrons. The molecule has 0 amide bonds. The van der Waals surface area contributed by atoms with E-state index in [9.17, 15) is 0 Å². The SMILES string of the molecule is CCCCC(N)CNCc1ccco1. The molecule has 3 heteroatoms. The Morgan fingerprint density at radius 3 is 3.07 bits per heavy atom. The number of rotatable bonds is 7. The van der Waals surface area contributed by atoms with Crippen molar-refractivity contribution in [2.75, 3.05) is 6.54 Å². The molecule has 0 radical (unpaired) electrons. The first-order chi connectivity index (χ1) is 6.83. The van der Waals surface area contributed by atoms with Crippen LogP contribution in [0.4, 0.5) is 0 Å². The zero-order chi connectivity index (χ0) is 10.2. The van der Waals surface area contributed by atoms with Crippen molar-refractivity contribution in [1.82, 2.24) is 5.32 Å². The van der Waals surface area contributed by atoms with Crippen LogP contribution in [0.2, 0.25) is 0 Å². The number of nitrogens with two attached hydrogens (primary N) is 1. The number of furan rings is 1. The standard InChI is InChI=1S/C11H20N2O/c1-2-3-5-10(12)8-13-9-11-6-4-7-14-11/h4,6-7,10,13H,2-3,5,8-9,12H2,1H3. The Hall–Kier alpha value is -0.800. The van der Waals surface area contributed by atoms with Gasteiger partial charge in [0.05, 0.1) is 12.8 Å². The second-order valence-electron chi connectivity index (χ2n) is 3.61. The summed E-state index contributed by atoms with van der Waals surface area (Å²) in [6.45, 7) is 3.82. The molecule has 1 heterocycles. The van der Waals surface area contributed by atoms with Crippen LogP contribution in [0.5, 0.6) is 0 Å². The fraction of sp³-hybridized carbons (Fsp3) is 0.636. The maximum atomic E-state index is 5.91. The smallest absolute Gasteiger partial charge is 0.117 e. The first kappa shape index (κ1) is 11.3. The quantitative estimate of drug-likeness (QED) is 0.700. The minimum absolute atomic E-state index is 0.268. The van der Waals surface area contributed by atoms with Gasteiger partial charge in [-0.1, -0.05) is 19.8 Å². The first-order valence-corrected chi connectivity index (χ1v) is 5.31. The lowest BCUT2D eigenvalue weighted by Crippen LogP contribution is -2.33. The lowest BCUT2D eigenvalue weighted by molar-refractivity contribution is 0.462. The van der Waals surface area contributed by atoms with Gasteiger partial charge in [0.25, 0.3) is 0 Å². The Morgan fingerprint density at radius 1 is 1.57 bits per heavy atom. The molecule has 0 aliphatic rings. The third kappa shape index (κ3) is 4.44. The summed E-state index contributed by atoms with van der Waals surface area (Å²) in [6, 6.07) is 4.13. The van der Waals surface area contributed by atoms with E-state index >= 15 is 0 Å². The van der Waals surface area contributed by atoms with Gasteiger partial charge in [0, 0.05) is 12.6 Å². The molecule has 3 nitrogen and oxygen atoms in total. The zero-order valence-electron chi connectivity index (χ0n) is 8.83. The van der Waals surface area contributed by atoms with E-state index in [0.29, 0.717) is 0 Å². The van der Waals surface area contributed by atoms with Gasteiger partial charge in [-0.25, -0.2) is 0 Å². The summed E-state index contributed by atoms with van der Waals surface area (Å²) < 4.78 is 5.19. The molecular weight excluding hydrogens is 176 g/mol. The van der Waals surface area contributed by atoms with E-state index in [1.807, 2.05) is 12.1 Å². The van der Waals surface area contributed by atoms with Gasteiger partial charge in [-0.2, -0.15) is 0 Å². The number of nitrogens with one attached hydrogen (secondary N) is 1. The predicted molar refractivity (Wildman–Crippen MR) is 57.9 cm³/mol. The summed E-state index contributed by atoms with van der Waals surface area (Å²) in [5.41, 5.74) is 5.91. The van der Waals surface area contributed by atoms with Crippen molar-refractivity contribution in [1.29, 1.82) is 0 Å². The van der Waals surface area contributed by atoms with Crippen LogP contribution in [-0.4, -0.2) is 12.6 Å². The highest BCUT2D eigenvalue weighted by atomic mass is 16.3. The van der Waals surface area contributed by atoms with Gasteiger partial charge in [-0.3, -0.25) is 0 Å². The molecule has 1 unspecified atom stereocenters. The van der Waals surface area contributed by atoms with Crippen LogP contribution in [0.1, 0.15) is 31.9 Å². The minimum atomic E-state index is 0.268. The Kier molecular flexibility index (Phi) is 5.33. The molecule has 0 aliphatic carbocycles. The largest absolute Gasteiger partial charge is 0.468 e. The van der Waals surface area contributed by atoms with E-state index in [0.717, 1.165) is 25.3 Å². The van der Waals surface area contributed by atoms with Crippen LogP contribution in [0, 0.1) is 0 Å². The van der Waals surface area contributed by atoms with Gasteiger partial charge in [0.1, 0.15) is 5.76 Å². The van der Waals surface area contributed by atoms with Crippen LogP contribution in [0.25, 0.3) is 0 Å². The van der Waals surface area contributed by atoms with Crippen molar-refractivity contribution >= 4 is 0 Å².